The Hall–Kier alpha value is -1.11. The van der Waals surface area contributed by atoms with Crippen molar-refractivity contribution in [1.29, 1.82) is 0 Å². The highest BCUT2D eigenvalue weighted by Crippen LogP contribution is 2.36. The average molecular weight is 365 g/mol. The number of alkyl halides is 2. The first-order chi connectivity index (χ1) is 10.8. The fraction of sp³-hybridized carbons (Fsp3) is 0.647. The van der Waals surface area contributed by atoms with Gasteiger partial charge in [-0.1, -0.05) is 0 Å². The van der Waals surface area contributed by atoms with Gasteiger partial charge in [-0.05, 0) is 39.0 Å². The Labute approximate surface area is 148 Å². The van der Waals surface area contributed by atoms with E-state index in [4.69, 9.17) is 4.74 Å². The zero-order valence-corrected chi connectivity index (χ0v) is 15.2. The molecule has 2 N–H and O–H groups in total. The van der Waals surface area contributed by atoms with Gasteiger partial charge in [-0.2, -0.15) is 0 Å². The number of ether oxygens (including phenoxy) is 1. The van der Waals surface area contributed by atoms with Gasteiger partial charge in [-0.3, -0.25) is 4.90 Å². The molecule has 1 aliphatic rings. The quantitative estimate of drug-likeness (QED) is 0.838. The Morgan fingerprint density at radius 2 is 1.88 bits per heavy atom. The van der Waals surface area contributed by atoms with Crippen molar-refractivity contribution >= 4 is 12.4 Å². The van der Waals surface area contributed by atoms with Gasteiger partial charge in [0.15, 0.2) is 0 Å². The van der Waals surface area contributed by atoms with Crippen molar-refractivity contribution in [3.8, 4) is 11.5 Å². The summed E-state index contributed by atoms with van der Waals surface area (Å²) in [7, 11) is 0. The van der Waals surface area contributed by atoms with Gasteiger partial charge in [-0.25, -0.2) is 8.78 Å². The first kappa shape index (κ1) is 20.9. The highest BCUT2D eigenvalue weighted by Gasteiger charge is 2.28. The number of rotatable bonds is 5. The number of hydrogen-bond acceptors (Lipinski definition) is 4. The van der Waals surface area contributed by atoms with Crippen LogP contribution in [0.2, 0.25) is 0 Å². The van der Waals surface area contributed by atoms with Crippen molar-refractivity contribution in [3.05, 3.63) is 23.8 Å². The molecule has 0 aliphatic carbocycles. The van der Waals surface area contributed by atoms with E-state index in [1.807, 2.05) is 25.7 Å². The Kier molecular flexibility index (Phi) is 7.70. The lowest BCUT2D eigenvalue weighted by Crippen LogP contribution is -2.45. The predicted molar refractivity (Wildman–Crippen MR) is 93.5 cm³/mol. The first-order valence-electron chi connectivity index (χ1n) is 8.01. The summed E-state index contributed by atoms with van der Waals surface area (Å²) in [5.74, 6) is 0.621. The van der Waals surface area contributed by atoms with E-state index in [-0.39, 0.29) is 30.2 Å². The van der Waals surface area contributed by atoms with Gasteiger partial charge in [0.2, 0.25) is 6.43 Å². The van der Waals surface area contributed by atoms with Crippen LogP contribution in [0.5, 0.6) is 11.5 Å². The maximum atomic E-state index is 13.1. The molecule has 7 heteroatoms. The first-order valence-corrected chi connectivity index (χ1v) is 8.01. The molecule has 0 radical (unpaired) electrons. The summed E-state index contributed by atoms with van der Waals surface area (Å²) in [6.07, 6.45) is -2.73. The van der Waals surface area contributed by atoms with Crippen molar-refractivity contribution in [3.63, 3.8) is 0 Å². The molecule has 0 unspecified atom stereocenters. The Bertz CT molecular complexity index is 518. The minimum absolute atomic E-state index is 0. The Morgan fingerprint density at radius 3 is 2.42 bits per heavy atom. The molecule has 1 aromatic carbocycles. The average Bonchev–Trinajstić information content (AvgIpc) is 2.46. The molecule has 0 amide bonds. The summed E-state index contributed by atoms with van der Waals surface area (Å²) in [5.41, 5.74) is 0.121. The molecule has 1 aromatic rings. The van der Waals surface area contributed by atoms with Crippen LogP contribution in [0.3, 0.4) is 0 Å². The molecule has 0 saturated carbocycles. The fourth-order valence-electron chi connectivity index (χ4n) is 2.85. The highest BCUT2D eigenvalue weighted by molar-refractivity contribution is 5.85. The number of benzene rings is 1. The fourth-order valence-corrected chi connectivity index (χ4v) is 2.85. The highest BCUT2D eigenvalue weighted by atomic mass is 35.5. The van der Waals surface area contributed by atoms with Crippen LogP contribution in [0, 0.1) is 0 Å². The summed E-state index contributed by atoms with van der Waals surface area (Å²) in [5, 5.41) is 13.4. The molecule has 1 aliphatic heterocycles. The number of phenols is 1. The minimum atomic E-state index is -2.43. The Morgan fingerprint density at radius 1 is 1.25 bits per heavy atom. The number of aromatic hydroxyl groups is 1. The zero-order valence-electron chi connectivity index (χ0n) is 14.4. The van der Waals surface area contributed by atoms with Crippen LogP contribution in [0.15, 0.2) is 18.2 Å². The number of phenolic OH excluding ortho intramolecular Hbond substituents is 1. The standard InChI is InChI=1S/C17H26F2N2O2.ClH/c1-17(2,3)23-12-4-5-15(22)13(10-12)14(11-16(18)19)21-8-6-20-7-9-21;/h4-5,10,14,16,20,22H,6-9,11H2,1-3H3;1H/t14-;/m0./s1. The summed E-state index contributed by atoms with van der Waals surface area (Å²) < 4.78 is 32.0. The van der Waals surface area contributed by atoms with Crippen LogP contribution < -0.4 is 10.1 Å². The number of nitrogens with one attached hydrogen (secondary N) is 1. The summed E-state index contributed by atoms with van der Waals surface area (Å²) in [6, 6.07) is 4.37. The van der Waals surface area contributed by atoms with Crippen molar-refractivity contribution < 1.29 is 18.6 Å². The molecule has 0 bridgehead atoms. The number of halogens is 3. The number of piperazine rings is 1. The zero-order chi connectivity index (χ0) is 17.0. The van der Waals surface area contributed by atoms with Crippen LogP contribution in [0.4, 0.5) is 8.78 Å². The van der Waals surface area contributed by atoms with E-state index in [1.165, 1.54) is 6.07 Å². The van der Waals surface area contributed by atoms with E-state index in [0.717, 1.165) is 13.1 Å². The van der Waals surface area contributed by atoms with Gasteiger partial charge < -0.3 is 15.2 Å². The molecular formula is C17H27ClF2N2O2. The van der Waals surface area contributed by atoms with Crippen molar-refractivity contribution in [2.45, 2.75) is 45.3 Å². The molecular weight excluding hydrogens is 338 g/mol. The summed E-state index contributed by atoms with van der Waals surface area (Å²) >= 11 is 0. The van der Waals surface area contributed by atoms with Gasteiger partial charge in [0.25, 0.3) is 0 Å². The third-order valence-electron chi connectivity index (χ3n) is 3.78. The second-order valence-electron chi connectivity index (χ2n) is 6.86. The largest absolute Gasteiger partial charge is 0.508 e. The topological polar surface area (TPSA) is 44.7 Å². The van der Waals surface area contributed by atoms with Gasteiger partial charge in [-0.15, -0.1) is 12.4 Å². The van der Waals surface area contributed by atoms with E-state index >= 15 is 0 Å². The monoisotopic (exact) mass is 364 g/mol. The molecule has 2 rings (SSSR count). The van der Waals surface area contributed by atoms with E-state index < -0.39 is 12.5 Å². The van der Waals surface area contributed by atoms with E-state index in [9.17, 15) is 13.9 Å². The van der Waals surface area contributed by atoms with Crippen molar-refractivity contribution in [2.24, 2.45) is 0 Å². The van der Waals surface area contributed by atoms with E-state index in [0.29, 0.717) is 24.4 Å². The third kappa shape index (κ3) is 6.07. The molecule has 0 spiro atoms. The van der Waals surface area contributed by atoms with E-state index in [1.54, 1.807) is 12.1 Å². The second-order valence-corrected chi connectivity index (χ2v) is 6.86. The molecule has 4 nitrogen and oxygen atoms in total. The van der Waals surface area contributed by atoms with Crippen LogP contribution in [0.1, 0.15) is 38.8 Å². The summed E-state index contributed by atoms with van der Waals surface area (Å²) in [4.78, 5) is 2.00. The van der Waals surface area contributed by atoms with Gasteiger partial charge in [0, 0.05) is 44.2 Å². The molecule has 1 heterocycles. The van der Waals surface area contributed by atoms with Crippen LogP contribution in [-0.2, 0) is 0 Å². The molecule has 1 saturated heterocycles. The normalized spacial score (nSPS) is 17.4. The maximum absolute atomic E-state index is 13.1. The second kappa shape index (κ2) is 8.83. The predicted octanol–water partition coefficient (Wildman–Crippen LogP) is 3.59. The smallest absolute Gasteiger partial charge is 0.240 e. The van der Waals surface area contributed by atoms with Crippen LogP contribution >= 0.6 is 12.4 Å². The van der Waals surface area contributed by atoms with Crippen molar-refractivity contribution in [1.82, 2.24) is 10.2 Å². The SMILES string of the molecule is CC(C)(C)Oc1ccc(O)c([C@H](CC(F)F)N2CCNCC2)c1.Cl. The molecule has 24 heavy (non-hydrogen) atoms. The maximum Gasteiger partial charge on any atom is 0.240 e. The van der Waals surface area contributed by atoms with Crippen LogP contribution in [-0.4, -0.2) is 48.2 Å². The van der Waals surface area contributed by atoms with Gasteiger partial charge in [0.1, 0.15) is 17.1 Å². The molecule has 1 fully saturated rings. The third-order valence-corrected chi connectivity index (χ3v) is 3.78. The summed E-state index contributed by atoms with van der Waals surface area (Å²) in [6.45, 7) is 8.66. The lowest BCUT2D eigenvalue weighted by atomic mass is 9.99. The lowest BCUT2D eigenvalue weighted by Gasteiger charge is -2.35. The van der Waals surface area contributed by atoms with Crippen LogP contribution in [0.25, 0.3) is 0 Å². The Balaban J connectivity index is 0.00000288. The van der Waals surface area contributed by atoms with Crippen molar-refractivity contribution in [2.75, 3.05) is 26.2 Å². The molecule has 138 valence electrons. The van der Waals surface area contributed by atoms with E-state index in [2.05, 4.69) is 5.32 Å². The van der Waals surface area contributed by atoms with Gasteiger partial charge >= 0.3 is 0 Å². The number of hydrogen-bond donors (Lipinski definition) is 2. The lowest BCUT2D eigenvalue weighted by molar-refractivity contribution is 0.0724. The molecule has 1 atom stereocenters. The number of nitrogens with zero attached hydrogens (tertiary/aromatic N) is 1. The van der Waals surface area contributed by atoms with Gasteiger partial charge in [0.05, 0.1) is 0 Å². The minimum Gasteiger partial charge on any atom is -0.508 e. The molecule has 0 aromatic heterocycles.